The van der Waals surface area contributed by atoms with Crippen molar-refractivity contribution in [3.05, 3.63) is 0 Å². The van der Waals surface area contributed by atoms with Crippen molar-refractivity contribution in [3.63, 3.8) is 0 Å². The number of nitrogens with zero attached hydrogens (tertiary/aromatic N) is 2. The van der Waals surface area contributed by atoms with Gasteiger partial charge in [0.25, 0.3) is 0 Å². The van der Waals surface area contributed by atoms with Crippen LogP contribution >= 0.6 is 0 Å². The van der Waals surface area contributed by atoms with Crippen molar-refractivity contribution in [1.29, 1.82) is 0 Å². The summed E-state index contributed by atoms with van der Waals surface area (Å²) in [4.78, 5) is 6.61. The Morgan fingerprint density at radius 3 is 2.87 bits per heavy atom. The normalized spacial score (nSPS) is 22.8. The van der Waals surface area contributed by atoms with Crippen molar-refractivity contribution in [2.24, 2.45) is 10.4 Å². The van der Waals surface area contributed by atoms with Crippen LogP contribution in [-0.2, 0) is 4.74 Å². The van der Waals surface area contributed by atoms with Crippen LogP contribution in [-0.4, -0.2) is 51.3 Å². The summed E-state index contributed by atoms with van der Waals surface area (Å²) in [5.74, 6) is 1.07. The highest BCUT2D eigenvalue weighted by Gasteiger charge is 2.42. The van der Waals surface area contributed by atoms with E-state index in [0.717, 1.165) is 32.2 Å². The Morgan fingerprint density at radius 2 is 2.33 bits per heavy atom. The Labute approximate surface area is 91.7 Å². The molecule has 1 aliphatic heterocycles. The number of methoxy groups -OCH3 is 1. The summed E-state index contributed by atoms with van der Waals surface area (Å²) >= 11 is 0. The lowest BCUT2D eigenvalue weighted by Gasteiger charge is -2.20. The predicted octanol–water partition coefficient (Wildman–Crippen LogP) is 0.694. The second-order valence-corrected chi connectivity index (χ2v) is 4.72. The van der Waals surface area contributed by atoms with Crippen molar-refractivity contribution >= 4 is 5.96 Å². The molecule has 0 aromatic rings. The van der Waals surface area contributed by atoms with E-state index < -0.39 is 0 Å². The fraction of sp³-hybridized carbons (Fsp3) is 0.909. The summed E-state index contributed by atoms with van der Waals surface area (Å²) in [6, 6.07) is 0. The maximum absolute atomic E-state index is 5.14. The minimum absolute atomic E-state index is 0.502. The maximum atomic E-state index is 5.14. The van der Waals surface area contributed by atoms with Gasteiger partial charge in [-0.3, -0.25) is 4.99 Å². The quantitative estimate of drug-likeness (QED) is 0.727. The first-order chi connectivity index (χ1) is 7.26. The molecular weight excluding hydrogens is 190 g/mol. The van der Waals surface area contributed by atoms with Crippen molar-refractivity contribution in [3.8, 4) is 0 Å². The number of rotatable bonds is 5. The van der Waals surface area contributed by atoms with Crippen molar-refractivity contribution < 1.29 is 4.74 Å². The van der Waals surface area contributed by atoms with Crippen LogP contribution in [0.15, 0.2) is 4.99 Å². The van der Waals surface area contributed by atoms with Gasteiger partial charge in [0.1, 0.15) is 0 Å². The molecule has 4 nitrogen and oxygen atoms in total. The van der Waals surface area contributed by atoms with Gasteiger partial charge in [-0.1, -0.05) is 0 Å². The van der Waals surface area contributed by atoms with Crippen LogP contribution in [0.5, 0.6) is 0 Å². The van der Waals surface area contributed by atoms with Crippen molar-refractivity contribution in [2.75, 3.05) is 40.4 Å². The number of aliphatic imine (C=N–C) groups is 1. The molecule has 86 valence electrons. The summed E-state index contributed by atoms with van der Waals surface area (Å²) in [5.41, 5.74) is 0.502. The number of guanidine groups is 1. The van der Waals surface area contributed by atoms with Crippen LogP contribution in [0.2, 0.25) is 0 Å². The fourth-order valence-corrected chi connectivity index (χ4v) is 2.00. The lowest BCUT2D eigenvalue weighted by Crippen LogP contribution is -2.39. The second kappa shape index (κ2) is 4.39. The zero-order valence-electron chi connectivity index (χ0n) is 9.75. The molecule has 0 spiro atoms. The van der Waals surface area contributed by atoms with E-state index in [0.29, 0.717) is 5.41 Å². The molecule has 1 N–H and O–H groups in total. The number of ether oxygens (including phenoxy) is 1. The molecular formula is C11H21N3O. The third kappa shape index (κ3) is 2.62. The van der Waals surface area contributed by atoms with Gasteiger partial charge in [0.05, 0.1) is 6.54 Å². The lowest BCUT2D eigenvalue weighted by molar-refractivity contribution is 0.172. The molecule has 0 atom stereocenters. The van der Waals surface area contributed by atoms with Gasteiger partial charge in [-0.05, 0) is 24.7 Å². The van der Waals surface area contributed by atoms with Gasteiger partial charge in [-0.15, -0.1) is 0 Å². The highest BCUT2D eigenvalue weighted by molar-refractivity contribution is 5.81. The summed E-state index contributed by atoms with van der Waals surface area (Å²) in [6.45, 7) is 3.92. The second-order valence-electron chi connectivity index (χ2n) is 4.72. The minimum atomic E-state index is 0.502. The molecule has 0 aromatic carbocycles. The molecule has 1 fully saturated rings. The number of nitrogens with one attached hydrogen (secondary N) is 1. The molecule has 0 radical (unpaired) electrons. The predicted molar refractivity (Wildman–Crippen MR) is 61.1 cm³/mol. The van der Waals surface area contributed by atoms with Crippen LogP contribution in [0, 0.1) is 5.41 Å². The first-order valence-corrected chi connectivity index (χ1v) is 5.74. The van der Waals surface area contributed by atoms with Crippen LogP contribution in [0.25, 0.3) is 0 Å². The Balaban J connectivity index is 1.73. The summed E-state index contributed by atoms with van der Waals surface area (Å²) in [6.07, 6.45) is 3.84. The molecule has 4 heteroatoms. The van der Waals surface area contributed by atoms with E-state index in [1.165, 1.54) is 19.3 Å². The molecule has 0 amide bonds. The lowest BCUT2D eigenvalue weighted by atomic mass is 10.0. The van der Waals surface area contributed by atoms with Gasteiger partial charge >= 0.3 is 0 Å². The molecule has 0 saturated heterocycles. The average molecular weight is 211 g/mol. The molecule has 0 unspecified atom stereocenters. The van der Waals surface area contributed by atoms with Gasteiger partial charge in [0.15, 0.2) is 5.96 Å². The smallest absolute Gasteiger partial charge is 0.193 e. The van der Waals surface area contributed by atoms with E-state index >= 15 is 0 Å². The summed E-state index contributed by atoms with van der Waals surface area (Å²) in [5, 5.41) is 3.46. The van der Waals surface area contributed by atoms with E-state index in [9.17, 15) is 0 Å². The molecule has 1 saturated carbocycles. The van der Waals surface area contributed by atoms with Gasteiger partial charge in [-0.25, -0.2) is 0 Å². The Bertz CT molecular complexity index is 248. The highest BCUT2D eigenvalue weighted by atomic mass is 16.5. The van der Waals surface area contributed by atoms with E-state index in [-0.39, 0.29) is 0 Å². The van der Waals surface area contributed by atoms with E-state index in [4.69, 9.17) is 4.74 Å². The van der Waals surface area contributed by atoms with Crippen LogP contribution in [0.1, 0.15) is 19.3 Å². The molecule has 15 heavy (non-hydrogen) atoms. The Morgan fingerprint density at radius 1 is 1.53 bits per heavy atom. The monoisotopic (exact) mass is 211 g/mol. The zero-order valence-corrected chi connectivity index (χ0v) is 9.75. The average Bonchev–Trinajstić information content (AvgIpc) is 2.90. The fourth-order valence-electron chi connectivity index (χ4n) is 2.00. The SMILES string of the molecule is COCCC1(CNC2=NCCN2C)CC1. The third-order valence-electron chi connectivity index (χ3n) is 3.47. The van der Waals surface area contributed by atoms with Gasteiger partial charge < -0.3 is 15.0 Å². The highest BCUT2D eigenvalue weighted by Crippen LogP contribution is 2.48. The van der Waals surface area contributed by atoms with Crippen LogP contribution < -0.4 is 5.32 Å². The van der Waals surface area contributed by atoms with Crippen LogP contribution in [0.4, 0.5) is 0 Å². The molecule has 0 aromatic heterocycles. The van der Waals surface area contributed by atoms with Gasteiger partial charge in [-0.2, -0.15) is 0 Å². The first kappa shape index (κ1) is 10.7. The molecule has 0 bridgehead atoms. The van der Waals surface area contributed by atoms with E-state index in [1.54, 1.807) is 7.11 Å². The Hall–Kier alpha value is -0.770. The standard InChI is InChI=1S/C11H21N3O/c1-14-7-6-12-10(14)13-9-11(3-4-11)5-8-15-2/h3-9H2,1-2H3,(H,12,13). The molecule has 1 heterocycles. The van der Waals surface area contributed by atoms with Crippen LogP contribution in [0.3, 0.4) is 0 Å². The number of hydrogen-bond donors (Lipinski definition) is 1. The largest absolute Gasteiger partial charge is 0.385 e. The molecule has 2 rings (SSSR count). The zero-order chi connectivity index (χ0) is 10.7. The van der Waals surface area contributed by atoms with E-state index in [1.807, 2.05) is 0 Å². The van der Waals surface area contributed by atoms with E-state index in [2.05, 4.69) is 22.3 Å². The van der Waals surface area contributed by atoms with Crippen molar-refractivity contribution in [1.82, 2.24) is 10.2 Å². The summed E-state index contributed by atoms with van der Waals surface area (Å²) < 4.78 is 5.14. The maximum Gasteiger partial charge on any atom is 0.193 e. The first-order valence-electron chi connectivity index (χ1n) is 5.74. The molecule has 2 aliphatic rings. The molecule has 1 aliphatic carbocycles. The topological polar surface area (TPSA) is 36.9 Å². The number of likely N-dealkylation sites (N-methyl/N-ethyl adjacent to an activating group) is 1. The van der Waals surface area contributed by atoms with Gasteiger partial charge in [0.2, 0.25) is 0 Å². The number of hydrogen-bond acceptors (Lipinski definition) is 4. The minimum Gasteiger partial charge on any atom is -0.385 e. The summed E-state index contributed by atoms with van der Waals surface area (Å²) in [7, 11) is 3.87. The van der Waals surface area contributed by atoms with Gasteiger partial charge in [0, 0.05) is 33.9 Å². The van der Waals surface area contributed by atoms with Crippen molar-refractivity contribution in [2.45, 2.75) is 19.3 Å². The third-order valence-corrected chi connectivity index (χ3v) is 3.47. The Kier molecular flexibility index (Phi) is 3.14.